The summed E-state index contributed by atoms with van der Waals surface area (Å²) >= 11 is 0. The topological polar surface area (TPSA) is 123 Å². The SMILES string of the molecule is COc1nc(-c2cc(O)cc3cccc(F)c23)c(F)c2nc(OCC3(C)CCCN(C4CC(C)OC(C)C4)C3)nc(N3CCOCC(O)C3)c12. The molecule has 3 saturated heterocycles. The van der Waals surface area contributed by atoms with Gasteiger partial charge in [-0.2, -0.15) is 9.97 Å². The van der Waals surface area contributed by atoms with Crippen molar-refractivity contribution < 1.29 is 37.9 Å². The molecule has 0 aliphatic carbocycles. The van der Waals surface area contributed by atoms with E-state index in [4.69, 9.17) is 23.9 Å². The Balaban J connectivity index is 1.30. The molecular weight excluding hydrogens is 648 g/mol. The number of β-amino-alcohol motifs (C(OH)–C–C–N with tert-alkyl or cyclic N) is 1. The Labute approximate surface area is 290 Å². The normalized spacial score (nSPS) is 26.7. The van der Waals surface area contributed by atoms with Crippen molar-refractivity contribution in [3.63, 3.8) is 0 Å². The molecule has 0 bridgehead atoms. The van der Waals surface area contributed by atoms with Gasteiger partial charge in [0.05, 0.1) is 45.2 Å². The second-order valence-electron chi connectivity index (χ2n) is 14.4. The van der Waals surface area contributed by atoms with Gasteiger partial charge in [0, 0.05) is 42.0 Å². The van der Waals surface area contributed by atoms with E-state index < -0.39 is 17.7 Å². The molecule has 2 N–H and O–H groups in total. The predicted octanol–water partition coefficient (Wildman–Crippen LogP) is 5.47. The van der Waals surface area contributed by atoms with E-state index in [2.05, 4.69) is 35.6 Å². The largest absolute Gasteiger partial charge is 0.508 e. The molecule has 0 saturated carbocycles. The molecule has 3 aliphatic rings. The van der Waals surface area contributed by atoms with Gasteiger partial charge in [-0.05, 0) is 69.7 Å². The molecule has 3 aliphatic heterocycles. The third-order valence-corrected chi connectivity index (χ3v) is 10.2. The van der Waals surface area contributed by atoms with E-state index in [0.29, 0.717) is 31.2 Å². The number of rotatable bonds is 7. The first kappa shape index (κ1) is 34.5. The van der Waals surface area contributed by atoms with Crippen molar-refractivity contribution in [2.24, 2.45) is 5.41 Å². The van der Waals surface area contributed by atoms with Gasteiger partial charge in [-0.1, -0.05) is 19.1 Å². The van der Waals surface area contributed by atoms with Crippen molar-refractivity contribution in [2.75, 3.05) is 58.0 Å². The van der Waals surface area contributed by atoms with Crippen LogP contribution in [0.3, 0.4) is 0 Å². The first-order valence-corrected chi connectivity index (χ1v) is 17.4. The zero-order valence-corrected chi connectivity index (χ0v) is 29.0. The number of methoxy groups -OCH3 is 1. The van der Waals surface area contributed by atoms with Gasteiger partial charge >= 0.3 is 6.01 Å². The van der Waals surface area contributed by atoms with Crippen LogP contribution in [-0.2, 0) is 9.47 Å². The Morgan fingerprint density at radius 1 is 1.06 bits per heavy atom. The Kier molecular flexibility index (Phi) is 9.68. The summed E-state index contributed by atoms with van der Waals surface area (Å²) in [5.41, 5.74) is -0.556. The fourth-order valence-corrected chi connectivity index (χ4v) is 7.95. The number of phenols is 1. The van der Waals surface area contributed by atoms with Crippen LogP contribution in [0.2, 0.25) is 0 Å². The summed E-state index contributed by atoms with van der Waals surface area (Å²) < 4.78 is 55.9. The number of pyridine rings is 1. The molecule has 2 aromatic carbocycles. The molecule has 0 amide bonds. The van der Waals surface area contributed by atoms with Crippen molar-refractivity contribution in [2.45, 2.75) is 70.8 Å². The number of anilines is 1. The molecule has 5 heterocycles. The number of aromatic nitrogens is 3. The molecule has 13 heteroatoms. The van der Waals surface area contributed by atoms with Crippen molar-refractivity contribution in [1.29, 1.82) is 0 Å². The lowest BCUT2D eigenvalue weighted by Crippen LogP contribution is -2.52. The number of aliphatic hydroxyl groups is 1. The number of aliphatic hydroxyl groups excluding tert-OH is 1. The minimum atomic E-state index is -0.853. The number of nitrogens with zero attached hydrogens (tertiary/aromatic N) is 5. The van der Waals surface area contributed by atoms with Crippen molar-refractivity contribution >= 4 is 27.5 Å². The summed E-state index contributed by atoms with van der Waals surface area (Å²) in [6.45, 7) is 9.58. The summed E-state index contributed by atoms with van der Waals surface area (Å²) in [6.07, 6.45) is 3.53. The molecule has 4 atom stereocenters. The van der Waals surface area contributed by atoms with Gasteiger partial charge in [-0.15, -0.1) is 0 Å². The second-order valence-corrected chi connectivity index (χ2v) is 14.4. The van der Waals surface area contributed by atoms with Gasteiger partial charge in [0.15, 0.2) is 5.82 Å². The summed E-state index contributed by atoms with van der Waals surface area (Å²) in [4.78, 5) is 18.2. The van der Waals surface area contributed by atoms with Crippen LogP contribution >= 0.6 is 0 Å². The first-order valence-electron chi connectivity index (χ1n) is 17.4. The van der Waals surface area contributed by atoms with E-state index in [-0.39, 0.29) is 81.8 Å². The number of benzene rings is 2. The maximum Gasteiger partial charge on any atom is 0.319 e. The highest BCUT2D eigenvalue weighted by atomic mass is 19.1. The standard InChI is InChI=1S/C37H45F2N5O6/c1-21-13-24(14-22(2)50-21)44-10-6-9-37(3,19-44)20-49-36-41-33-30(34(42-36)43-11-12-48-18-26(46)17-43)35(47-4)40-32(31(33)39)27-16-25(45)15-23-7-5-8-28(38)29(23)27/h5,7-8,15-16,21-22,24,26,45-46H,6,9-14,17-20H2,1-4H3. The number of phenolic OH excluding ortho intramolecular Hbond substituents is 1. The van der Waals surface area contributed by atoms with Gasteiger partial charge in [0.1, 0.15) is 34.0 Å². The van der Waals surface area contributed by atoms with Crippen LogP contribution in [0.5, 0.6) is 17.6 Å². The number of hydrogen-bond acceptors (Lipinski definition) is 11. The maximum absolute atomic E-state index is 17.0. The van der Waals surface area contributed by atoms with Crippen LogP contribution in [0.4, 0.5) is 14.6 Å². The minimum absolute atomic E-state index is 0.000222. The molecule has 0 radical (unpaired) electrons. The number of hydrogen-bond donors (Lipinski definition) is 2. The first-order chi connectivity index (χ1) is 24.0. The van der Waals surface area contributed by atoms with E-state index in [1.165, 1.54) is 31.4 Å². The molecule has 4 aromatic rings. The van der Waals surface area contributed by atoms with E-state index in [1.54, 1.807) is 11.0 Å². The molecule has 7 rings (SSSR count). The Morgan fingerprint density at radius 2 is 1.86 bits per heavy atom. The number of piperidine rings is 1. The Bertz CT molecular complexity index is 1870. The van der Waals surface area contributed by atoms with Crippen LogP contribution in [0, 0.1) is 17.0 Å². The number of halogens is 2. The molecule has 11 nitrogen and oxygen atoms in total. The van der Waals surface area contributed by atoms with Crippen LogP contribution in [-0.4, -0.2) is 108 Å². The molecule has 268 valence electrons. The van der Waals surface area contributed by atoms with E-state index >= 15 is 8.78 Å². The van der Waals surface area contributed by atoms with E-state index in [0.717, 1.165) is 38.8 Å². The molecule has 50 heavy (non-hydrogen) atoms. The fraction of sp³-hybridized carbons (Fsp3) is 0.541. The van der Waals surface area contributed by atoms with Gasteiger partial charge in [-0.25, -0.2) is 13.8 Å². The summed E-state index contributed by atoms with van der Waals surface area (Å²) in [7, 11) is 1.40. The summed E-state index contributed by atoms with van der Waals surface area (Å²) in [5.74, 6) is -1.35. The lowest BCUT2D eigenvalue weighted by molar-refractivity contribution is -0.0795. The van der Waals surface area contributed by atoms with E-state index in [1.807, 2.05) is 0 Å². The van der Waals surface area contributed by atoms with Crippen LogP contribution in [0.1, 0.15) is 46.5 Å². The highest BCUT2D eigenvalue weighted by Gasteiger charge is 2.38. The monoisotopic (exact) mass is 693 g/mol. The lowest BCUT2D eigenvalue weighted by Gasteiger charge is -2.46. The fourth-order valence-electron chi connectivity index (χ4n) is 7.95. The lowest BCUT2D eigenvalue weighted by atomic mass is 9.81. The second kappa shape index (κ2) is 14.0. The maximum atomic E-state index is 17.0. The third kappa shape index (κ3) is 6.88. The average molecular weight is 694 g/mol. The molecule has 3 fully saturated rings. The van der Waals surface area contributed by atoms with E-state index in [9.17, 15) is 10.2 Å². The van der Waals surface area contributed by atoms with Crippen LogP contribution < -0.4 is 14.4 Å². The van der Waals surface area contributed by atoms with Gasteiger partial charge in [0.2, 0.25) is 5.88 Å². The predicted molar refractivity (Wildman–Crippen MR) is 185 cm³/mol. The van der Waals surface area contributed by atoms with Crippen LogP contribution in [0.25, 0.3) is 32.9 Å². The summed E-state index contributed by atoms with van der Waals surface area (Å²) in [6, 6.07) is 7.50. The molecule has 4 unspecified atom stereocenters. The van der Waals surface area contributed by atoms with Gasteiger partial charge < -0.3 is 34.1 Å². The van der Waals surface area contributed by atoms with Crippen molar-refractivity contribution in [3.8, 4) is 28.9 Å². The highest BCUT2D eigenvalue weighted by molar-refractivity contribution is 6.02. The number of ether oxygens (including phenoxy) is 4. The highest BCUT2D eigenvalue weighted by Crippen LogP contribution is 2.42. The number of aromatic hydroxyl groups is 1. The van der Waals surface area contributed by atoms with Crippen molar-refractivity contribution in [1.82, 2.24) is 19.9 Å². The molecular formula is C37H45F2N5O6. The smallest absolute Gasteiger partial charge is 0.319 e. The van der Waals surface area contributed by atoms with Crippen LogP contribution in [0.15, 0.2) is 30.3 Å². The summed E-state index contributed by atoms with van der Waals surface area (Å²) in [5, 5.41) is 21.8. The zero-order chi connectivity index (χ0) is 35.2. The zero-order valence-electron chi connectivity index (χ0n) is 29.0. The molecule has 0 spiro atoms. The van der Waals surface area contributed by atoms with Gasteiger partial charge in [-0.3, -0.25) is 4.90 Å². The average Bonchev–Trinajstić information content (AvgIpc) is 3.31. The quantitative estimate of drug-likeness (QED) is 0.256. The minimum Gasteiger partial charge on any atom is -0.508 e. The Morgan fingerprint density at radius 3 is 2.64 bits per heavy atom. The third-order valence-electron chi connectivity index (χ3n) is 10.2. The molecule has 2 aromatic heterocycles. The number of likely N-dealkylation sites (tertiary alicyclic amines) is 1. The van der Waals surface area contributed by atoms with Gasteiger partial charge in [0.25, 0.3) is 0 Å². The Hall–Kier alpha value is -3.91. The van der Waals surface area contributed by atoms with Crippen molar-refractivity contribution in [3.05, 3.63) is 42.0 Å². The number of fused-ring (bicyclic) bond motifs is 2.